The van der Waals surface area contributed by atoms with E-state index in [1.165, 1.54) is 109 Å². The number of rotatable bonds is 24. The molecular formula is C27H52O2. The number of Topliss-reactive ketones (excluding diaryl/α,β-unsaturated/α-hetero) is 2. The van der Waals surface area contributed by atoms with Gasteiger partial charge in [0, 0.05) is 12.8 Å². The molecule has 0 aliphatic carbocycles. The maximum Gasteiger partial charge on any atom is 0.198 e. The lowest BCUT2D eigenvalue weighted by atomic mass is 10.0. The third kappa shape index (κ3) is 21.9. The molecule has 0 amide bonds. The summed E-state index contributed by atoms with van der Waals surface area (Å²) in [7, 11) is 0. The maximum absolute atomic E-state index is 11.9. The molecule has 0 aliphatic heterocycles. The summed E-state index contributed by atoms with van der Waals surface area (Å²) in [5.41, 5.74) is 0. The van der Waals surface area contributed by atoms with Gasteiger partial charge in [-0.15, -0.1) is 0 Å². The van der Waals surface area contributed by atoms with Crippen molar-refractivity contribution in [1.82, 2.24) is 0 Å². The van der Waals surface area contributed by atoms with Gasteiger partial charge in [-0.3, -0.25) is 9.59 Å². The topological polar surface area (TPSA) is 34.1 Å². The molecule has 0 radical (unpaired) electrons. The monoisotopic (exact) mass is 408 g/mol. The predicted octanol–water partition coefficient (Wildman–Crippen LogP) is 9.14. The molecule has 172 valence electrons. The SMILES string of the molecule is CCCCCCCCCCCCCC(=O)C(=O)CCCCCCCCCCCC. The molecule has 2 heteroatoms. The summed E-state index contributed by atoms with van der Waals surface area (Å²) in [5.74, 6) is -0.228. The predicted molar refractivity (Wildman–Crippen MR) is 128 cm³/mol. The highest BCUT2D eigenvalue weighted by Gasteiger charge is 2.12. The molecule has 0 bridgehead atoms. The van der Waals surface area contributed by atoms with E-state index in [1.807, 2.05) is 0 Å². The summed E-state index contributed by atoms with van der Waals surface area (Å²) in [6.45, 7) is 4.51. The molecule has 0 saturated carbocycles. The average Bonchev–Trinajstić information content (AvgIpc) is 2.73. The normalized spacial score (nSPS) is 11.1. The Balaban J connectivity index is 3.32. The minimum atomic E-state index is -0.114. The van der Waals surface area contributed by atoms with Gasteiger partial charge in [0.15, 0.2) is 11.6 Å². The lowest BCUT2D eigenvalue weighted by Crippen LogP contribution is -2.13. The van der Waals surface area contributed by atoms with Crippen LogP contribution in [0.15, 0.2) is 0 Å². The van der Waals surface area contributed by atoms with E-state index < -0.39 is 0 Å². The zero-order valence-corrected chi connectivity index (χ0v) is 20.1. The molecule has 0 fully saturated rings. The summed E-state index contributed by atoms with van der Waals surface area (Å²) in [5, 5.41) is 0. The van der Waals surface area contributed by atoms with Crippen molar-refractivity contribution < 1.29 is 9.59 Å². The first-order valence-corrected chi connectivity index (χ1v) is 13.3. The number of unbranched alkanes of at least 4 members (excludes halogenated alkanes) is 19. The molecule has 0 heterocycles. The number of ketones is 2. The van der Waals surface area contributed by atoms with Gasteiger partial charge in [0.25, 0.3) is 0 Å². The highest BCUT2D eigenvalue weighted by Crippen LogP contribution is 2.14. The molecule has 0 aliphatic rings. The van der Waals surface area contributed by atoms with Gasteiger partial charge in [0.1, 0.15) is 0 Å². The largest absolute Gasteiger partial charge is 0.291 e. The summed E-state index contributed by atoms with van der Waals surface area (Å²) < 4.78 is 0. The van der Waals surface area contributed by atoms with E-state index in [1.54, 1.807) is 0 Å². The lowest BCUT2D eigenvalue weighted by molar-refractivity contribution is -0.136. The molecule has 0 unspecified atom stereocenters. The van der Waals surface area contributed by atoms with Crippen molar-refractivity contribution in [1.29, 1.82) is 0 Å². The molecule has 0 rings (SSSR count). The zero-order valence-electron chi connectivity index (χ0n) is 20.1. The van der Waals surface area contributed by atoms with E-state index in [2.05, 4.69) is 13.8 Å². The first kappa shape index (κ1) is 28.3. The second-order valence-electron chi connectivity index (χ2n) is 9.06. The van der Waals surface area contributed by atoms with Gasteiger partial charge in [-0.25, -0.2) is 0 Å². The van der Waals surface area contributed by atoms with Crippen LogP contribution in [-0.4, -0.2) is 11.6 Å². The fourth-order valence-corrected chi connectivity index (χ4v) is 4.00. The van der Waals surface area contributed by atoms with Crippen LogP contribution in [0.2, 0.25) is 0 Å². The molecule has 0 N–H and O–H groups in total. The fourth-order valence-electron chi connectivity index (χ4n) is 4.00. The molecule has 0 aromatic rings. The molecule has 0 spiro atoms. The van der Waals surface area contributed by atoms with Crippen molar-refractivity contribution in [3.05, 3.63) is 0 Å². The van der Waals surface area contributed by atoms with Crippen molar-refractivity contribution in [2.45, 2.75) is 162 Å². The van der Waals surface area contributed by atoms with Gasteiger partial charge in [-0.05, 0) is 12.8 Å². The van der Waals surface area contributed by atoms with Crippen LogP contribution in [0.25, 0.3) is 0 Å². The Hall–Kier alpha value is -0.660. The summed E-state index contributed by atoms with van der Waals surface area (Å²) in [6.07, 6.45) is 27.7. The average molecular weight is 409 g/mol. The zero-order chi connectivity index (χ0) is 21.4. The Kier molecular flexibility index (Phi) is 23.1. The quantitative estimate of drug-likeness (QED) is 0.118. The number of carbonyl (C=O) groups excluding carboxylic acids is 2. The smallest absolute Gasteiger partial charge is 0.198 e. The van der Waals surface area contributed by atoms with E-state index in [0.29, 0.717) is 12.8 Å². The Labute approximate surface area is 183 Å². The van der Waals surface area contributed by atoms with Gasteiger partial charge < -0.3 is 0 Å². The highest BCUT2D eigenvalue weighted by atomic mass is 16.2. The summed E-state index contributed by atoms with van der Waals surface area (Å²) >= 11 is 0. The minimum Gasteiger partial charge on any atom is -0.291 e. The van der Waals surface area contributed by atoms with E-state index >= 15 is 0 Å². The van der Waals surface area contributed by atoms with E-state index in [9.17, 15) is 9.59 Å². The fraction of sp³-hybridized carbons (Fsp3) is 0.926. The highest BCUT2D eigenvalue weighted by molar-refractivity contribution is 6.37. The van der Waals surface area contributed by atoms with Gasteiger partial charge in [-0.1, -0.05) is 136 Å². The van der Waals surface area contributed by atoms with E-state index in [-0.39, 0.29) is 11.6 Å². The van der Waals surface area contributed by atoms with Gasteiger partial charge in [0.05, 0.1) is 0 Å². The van der Waals surface area contributed by atoms with Crippen LogP contribution in [0, 0.1) is 0 Å². The second kappa shape index (κ2) is 23.6. The summed E-state index contributed by atoms with van der Waals surface area (Å²) in [6, 6.07) is 0. The maximum atomic E-state index is 11.9. The second-order valence-corrected chi connectivity index (χ2v) is 9.06. The van der Waals surface area contributed by atoms with Gasteiger partial charge >= 0.3 is 0 Å². The molecular weight excluding hydrogens is 356 g/mol. The molecule has 0 aromatic carbocycles. The molecule has 0 saturated heterocycles. The Morgan fingerprint density at radius 1 is 0.345 bits per heavy atom. The van der Waals surface area contributed by atoms with Crippen LogP contribution >= 0.6 is 0 Å². The van der Waals surface area contributed by atoms with E-state index in [0.717, 1.165) is 25.7 Å². The molecule has 29 heavy (non-hydrogen) atoms. The van der Waals surface area contributed by atoms with Gasteiger partial charge in [0.2, 0.25) is 0 Å². The first-order chi connectivity index (χ1) is 14.2. The van der Waals surface area contributed by atoms with Crippen LogP contribution in [0.3, 0.4) is 0 Å². The van der Waals surface area contributed by atoms with Gasteiger partial charge in [-0.2, -0.15) is 0 Å². The minimum absolute atomic E-state index is 0.114. The van der Waals surface area contributed by atoms with Crippen molar-refractivity contribution in [2.75, 3.05) is 0 Å². The molecule has 0 atom stereocenters. The van der Waals surface area contributed by atoms with Crippen LogP contribution < -0.4 is 0 Å². The third-order valence-corrected chi connectivity index (χ3v) is 6.08. The Bertz CT molecular complexity index is 362. The van der Waals surface area contributed by atoms with E-state index in [4.69, 9.17) is 0 Å². The first-order valence-electron chi connectivity index (χ1n) is 13.3. The molecule has 0 aromatic heterocycles. The van der Waals surface area contributed by atoms with Crippen molar-refractivity contribution in [3.63, 3.8) is 0 Å². The van der Waals surface area contributed by atoms with Crippen LogP contribution in [-0.2, 0) is 9.59 Å². The Morgan fingerprint density at radius 2 is 0.552 bits per heavy atom. The standard InChI is InChI=1S/C27H52O2/c1-3-5-7-9-11-13-15-17-19-21-23-25-27(29)26(28)24-22-20-18-16-14-12-10-8-6-4-2/h3-25H2,1-2H3. The van der Waals surface area contributed by atoms with Crippen molar-refractivity contribution >= 4 is 11.6 Å². The van der Waals surface area contributed by atoms with Crippen LogP contribution in [0.4, 0.5) is 0 Å². The number of carbonyl (C=O) groups is 2. The number of hydrogen-bond acceptors (Lipinski definition) is 2. The summed E-state index contributed by atoms with van der Waals surface area (Å²) in [4.78, 5) is 23.9. The van der Waals surface area contributed by atoms with Crippen molar-refractivity contribution in [3.8, 4) is 0 Å². The van der Waals surface area contributed by atoms with Crippen LogP contribution in [0.5, 0.6) is 0 Å². The lowest BCUT2D eigenvalue weighted by Gasteiger charge is -2.03. The molecule has 2 nitrogen and oxygen atoms in total. The van der Waals surface area contributed by atoms with Crippen molar-refractivity contribution in [2.24, 2.45) is 0 Å². The number of hydrogen-bond donors (Lipinski definition) is 0. The third-order valence-electron chi connectivity index (χ3n) is 6.08. The Morgan fingerprint density at radius 3 is 0.793 bits per heavy atom. The van der Waals surface area contributed by atoms with Crippen LogP contribution in [0.1, 0.15) is 162 Å².